The van der Waals surface area contributed by atoms with Gasteiger partial charge in [0.15, 0.2) is 5.69 Å². The minimum absolute atomic E-state index is 0.0110. The molecule has 0 aliphatic rings. The predicted octanol–water partition coefficient (Wildman–Crippen LogP) is 2.37. The van der Waals surface area contributed by atoms with Crippen molar-refractivity contribution in [3.05, 3.63) is 41.4 Å². The molecule has 0 radical (unpaired) electrons. The molecule has 6 heteroatoms. The summed E-state index contributed by atoms with van der Waals surface area (Å²) in [6.07, 6.45) is 0. The molecule has 4 nitrogen and oxygen atoms in total. The molecule has 1 aromatic heterocycles. The van der Waals surface area contributed by atoms with Gasteiger partial charge in [0, 0.05) is 18.7 Å². The molecule has 0 bridgehead atoms. The summed E-state index contributed by atoms with van der Waals surface area (Å²) in [6.45, 7) is 1.61. The number of carbonyl (C=O) groups is 1. The molecular formula is C12H10F2N2O2. The summed E-state index contributed by atoms with van der Waals surface area (Å²) in [7, 11) is 1.58. The van der Waals surface area contributed by atoms with Gasteiger partial charge in [-0.1, -0.05) is 0 Å². The second-order valence-corrected chi connectivity index (χ2v) is 3.84. The van der Waals surface area contributed by atoms with Gasteiger partial charge in [0.2, 0.25) is 0 Å². The third kappa shape index (κ3) is 1.85. The molecule has 1 aromatic carbocycles. The van der Waals surface area contributed by atoms with Crippen LogP contribution in [0.4, 0.5) is 8.78 Å². The van der Waals surface area contributed by atoms with Crippen molar-refractivity contribution < 1.29 is 18.7 Å². The van der Waals surface area contributed by atoms with Gasteiger partial charge in [-0.15, -0.1) is 0 Å². The summed E-state index contributed by atoms with van der Waals surface area (Å²) in [6, 6.07) is 2.99. The zero-order chi connectivity index (χ0) is 13.4. The Morgan fingerprint density at radius 1 is 1.39 bits per heavy atom. The number of imidazole rings is 1. The van der Waals surface area contributed by atoms with Gasteiger partial charge < -0.3 is 9.67 Å². The second kappa shape index (κ2) is 4.21. The van der Waals surface area contributed by atoms with Crippen LogP contribution in [0.15, 0.2) is 18.2 Å². The summed E-state index contributed by atoms with van der Waals surface area (Å²) < 4.78 is 28.0. The van der Waals surface area contributed by atoms with E-state index in [1.165, 1.54) is 10.6 Å². The van der Waals surface area contributed by atoms with Crippen LogP contribution in [0.25, 0.3) is 11.3 Å². The highest BCUT2D eigenvalue weighted by Gasteiger charge is 2.22. The Bertz CT molecular complexity index is 635. The summed E-state index contributed by atoms with van der Waals surface area (Å²) in [5.74, 6) is -2.35. The molecule has 0 atom stereocenters. The fourth-order valence-electron chi connectivity index (χ4n) is 1.75. The van der Waals surface area contributed by atoms with Crippen LogP contribution in [0.2, 0.25) is 0 Å². The molecule has 0 saturated carbocycles. The molecule has 1 N–H and O–H groups in total. The van der Waals surface area contributed by atoms with Crippen molar-refractivity contribution in [1.82, 2.24) is 9.55 Å². The first-order chi connectivity index (χ1) is 8.41. The number of halogens is 2. The van der Waals surface area contributed by atoms with Gasteiger partial charge in [-0.25, -0.2) is 18.6 Å². The van der Waals surface area contributed by atoms with Gasteiger partial charge in [0.1, 0.15) is 17.5 Å². The van der Waals surface area contributed by atoms with E-state index in [1.54, 1.807) is 14.0 Å². The molecular weight excluding hydrogens is 242 g/mol. The minimum atomic E-state index is -1.25. The molecule has 0 aliphatic carbocycles. The molecule has 1 heterocycles. The quantitative estimate of drug-likeness (QED) is 0.892. The van der Waals surface area contributed by atoms with Crippen molar-refractivity contribution in [1.29, 1.82) is 0 Å². The third-order valence-electron chi connectivity index (χ3n) is 2.71. The van der Waals surface area contributed by atoms with E-state index in [9.17, 15) is 13.6 Å². The van der Waals surface area contributed by atoms with E-state index in [0.717, 1.165) is 6.07 Å². The highest BCUT2D eigenvalue weighted by Crippen LogP contribution is 2.27. The van der Waals surface area contributed by atoms with Crippen LogP contribution >= 0.6 is 0 Å². The SMILES string of the molecule is Cc1nc(C(=O)O)c(-c2ccc(F)cc2F)n1C. The van der Waals surface area contributed by atoms with Gasteiger partial charge in [0.25, 0.3) is 0 Å². The monoisotopic (exact) mass is 252 g/mol. The molecule has 0 aliphatic heterocycles. The number of rotatable bonds is 2. The standard InChI is InChI=1S/C12H10F2N2O2/c1-6-15-10(12(17)18)11(16(6)2)8-4-3-7(13)5-9(8)14/h3-5H,1-2H3,(H,17,18). The van der Waals surface area contributed by atoms with Crippen LogP contribution in [0, 0.1) is 18.6 Å². The van der Waals surface area contributed by atoms with E-state index < -0.39 is 17.6 Å². The lowest BCUT2D eigenvalue weighted by Gasteiger charge is -2.06. The van der Waals surface area contributed by atoms with Crippen LogP contribution in [-0.4, -0.2) is 20.6 Å². The molecule has 94 valence electrons. The molecule has 2 aromatic rings. The van der Waals surface area contributed by atoms with Gasteiger partial charge in [0.05, 0.1) is 5.69 Å². The molecule has 18 heavy (non-hydrogen) atoms. The fraction of sp³-hybridized carbons (Fsp3) is 0.167. The van der Waals surface area contributed by atoms with Crippen molar-refractivity contribution in [2.75, 3.05) is 0 Å². The Hall–Kier alpha value is -2.24. The molecule has 0 fully saturated rings. The maximum absolute atomic E-state index is 13.7. The number of aryl methyl sites for hydroxylation is 1. The lowest BCUT2D eigenvalue weighted by atomic mass is 10.1. The predicted molar refractivity (Wildman–Crippen MR) is 60.3 cm³/mol. The van der Waals surface area contributed by atoms with Crippen LogP contribution < -0.4 is 0 Å². The number of nitrogens with zero attached hydrogens (tertiary/aromatic N) is 2. The number of carboxylic acid groups (broad SMARTS) is 1. The Balaban J connectivity index is 2.74. The molecule has 0 saturated heterocycles. The fourth-order valence-corrected chi connectivity index (χ4v) is 1.75. The lowest BCUT2D eigenvalue weighted by Crippen LogP contribution is -2.03. The topological polar surface area (TPSA) is 55.1 Å². The number of aromatic nitrogens is 2. The van der Waals surface area contributed by atoms with Gasteiger partial charge in [-0.05, 0) is 19.1 Å². The smallest absolute Gasteiger partial charge is 0.356 e. The van der Waals surface area contributed by atoms with E-state index >= 15 is 0 Å². The first-order valence-corrected chi connectivity index (χ1v) is 5.14. The average Bonchev–Trinajstić information content (AvgIpc) is 2.57. The van der Waals surface area contributed by atoms with Crippen LogP contribution in [-0.2, 0) is 7.05 Å². The van der Waals surface area contributed by atoms with Crippen LogP contribution in [0.5, 0.6) is 0 Å². The molecule has 2 rings (SSSR count). The Labute approximate surface area is 102 Å². The summed E-state index contributed by atoms with van der Waals surface area (Å²) in [4.78, 5) is 14.9. The largest absolute Gasteiger partial charge is 0.476 e. The Morgan fingerprint density at radius 3 is 2.61 bits per heavy atom. The number of benzene rings is 1. The number of hydrogen-bond acceptors (Lipinski definition) is 2. The Morgan fingerprint density at radius 2 is 2.06 bits per heavy atom. The molecule has 0 amide bonds. The summed E-state index contributed by atoms with van der Waals surface area (Å²) in [5.41, 5.74) is -0.116. The minimum Gasteiger partial charge on any atom is -0.476 e. The van der Waals surface area contributed by atoms with Crippen molar-refractivity contribution in [2.45, 2.75) is 6.92 Å². The average molecular weight is 252 g/mol. The maximum atomic E-state index is 13.7. The molecule has 0 unspecified atom stereocenters. The highest BCUT2D eigenvalue weighted by atomic mass is 19.1. The highest BCUT2D eigenvalue weighted by molar-refractivity contribution is 5.93. The van der Waals surface area contributed by atoms with E-state index in [2.05, 4.69) is 4.98 Å². The van der Waals surface area contributed by atoms with Gasteiger partial charge >= 0.3 is 5.97 Å². The first kappa shape index (κ1) is 12.2. The van der Waals surface area contributed by atoms with Crippen molar-refractivity contribution in [2.24, 2.45) is 7.05 Å². The number of carboxylic acids is 1. The van der Waals surface area contributed by atoms with E-state index in [4.69, 9.17) is 5.11 Å². The van der Waals surface area contributed by atoms with E-state index in [0.29, 0.717) is 11.9 Å². The van der Waals surface area contributed by atoms with Gasteiger partial charge in [-0.3, -0.25) is 0 Å². The summed E-state index contributed by atoms with van der Waals surface area (Å²) in [5, 5.41) is 9.04. The van der Waals surface area contributed by atoms with Crippen molar-refractivity contribution >= 4 is 5.97 Å². The van der Waals surface area contributed by atoms with Crippen molar-refractivity contribution in [3.8, 4) is 11.3 Å². The third-order valence-corrected chi connectivity index (χ3v) is 2.71. The summed E-state index contributed by atoms with van der Waals surface area (Å²) >= 11 is 0. The maximum Gasteiger partial charge on any atom is 0.356 e. The zero-order valence-corrected chi connectivity index (χ0v) is 9.74. The van der Waals surface area contributed by atoms with E-state index in [-0.39, 0.29) is 17.0 Å². The van der Waals surface area contributed by atoms with Crippen LogP contribution in [0.3, 0.4) is 0 Å². The van der Waals surface area contributed by atoms with Gasteiger partial charge in [-0.2, -0.15) is 0 Å². The van der Waals surface area contributed by atoms with Crippen LogP contribution in [0.1, 0.15) is 16.3 Å². The number of hydrogen-bond donors (Lipinski definition) is 1. The Kier molecular flexibility index (Phi) is 2.86. The zero-order valence-electron chi connectivity index (χ0n) is 9.74. The lowest BCUT2D eigenvalue weighted by molar-refractivity contribution is 0.0692. The first-order valence-electron chi connectivity index (χ1n) is 5.14. The van der Waals surface area contributed by atoms with Crippen molar-refractivity contribution in [3.63, 3.8) is 0 Å². The number of aromatic carboxylic acids is 1. The second-order valence-electron chi connectivity index (χ2n) is 3.84. The van der Waals surface area contributed by atoms with E-state index in [1.807, 2.05) is 0 Å². The molecule has 0 spiro atoms. The normalized spacial score (nSPS) is 10.7.